The summed E-state index contributed by atoms with van der Waals surface area (Å²) >= 11 is 0. The fourth-order valence-corrected chi connectivity index (χ4v) is 6.62. The summed E-state index contributed by atoms with van der Waals surface area (Å²) in [6.07, 6.45) is 5.44. The summed E-state index contributed by atoms with van der Waals surface area (Å²) in [5, 5.41) is 0. The number of hydrogen-bond donors (Lipinski definition) is 0. The molecule has 1 amide bonds. The summed E-state index contributed by atoms with van der Waals surface area (Å²) in [6.45, 7) is 2.86. The summed E-state index contributed by atoms with van der Waals surface area (Å²) in [7, 11) is -2.10. The molecule has 2 atom stereocenters. The molecule has 0 unspecified atom stereocenters. The number of sulfonamides is 1. The van der Waals surface area contributed by atoms with Gasteiger partial charge in [0.1, 0.15) is 11.8 Å². The number of methoxy groups -OCH3 is 1. The van der Waals surface area contributed by atoms with Crippen LogP contribution in [0.4, 0.5) is 0 Å². The number of carbonyl (C=O) groups is 1. The van der Waals surface area contributed by atoms with Crippen molar-refractivity contribution < 1.29 is 17.9 Å². The van der Waals surface area contributed by atoms with Gasteiger partial charge >= 0.3 is 0 Å². The third-order valence-electron chi connectivity index (χ3n) is 6.10. The highest BCUT2D eigenvalue weighted by Crippen LogP contribution is 2.37. The van der Waals surface area contributed by atoms with Crippen molar-refractivity contribution in [2.45, 2.75) is 62.4 Å². The summed E-state index contributed by atoms with van der Waals surface area (Å²) in [5.74, 6) is 0.702. The molecule has 4 rings (SSSR count). The number of hydrogen-bond acceptors (Lipinski definition) is 4. The van der Waals surface area contributed by atoms with E-state index in [2.05, 4.69) is 0 Å². The van der Waals surface area contributed by atoms with E-state index in [9.17, 15) is 13.2 Å². The van der Waals surface area contributed by atoms with E-state index < -0.39 is 16.1 Å². The van der Waals surface area contributed by atoms with Crippen molar-refractivity contribution in [3.63, 3.8) is 0 Å². The Kier molecular flexibility index (Phi) is 4.47. The Morgan fingerprint density at radius 2 is 1.85 bits per heavy atom. The Morgan fingerprint density at radius 1 is 1.12 bits per heavy atom. The van der Waals surface area contributed by atoms with Crippen LogP contribution in [-0.2, 0) is 27.7 Å². The second kappa shape index (κ2) is 6.53. The fraction of sp³-hybridized carbons (Fsp3) is 0.632. The van der Waals surface area contributed by atoms with Gasteiger partial charge < -0.3 is 9.64 Å². The first-order valence-electron chi connectivity index (χ1n) is 9.46. The first-order chi connectivity index (χ1) is 12.4. The number of piperazine rings is 1. The molecule has 0 saturated carbocycles. The molecule has 1 aliphatic carbocycles. The van der Waals surface area contributed by atoms with Gasteiger partial charge in [-0.3, -0.25) is 4.79 Å². The van der Waals surface area contributed by atoms with Gasteiger partial charge in [-0.05, 0) is 68.7 Å². The molecule has 1 aromatic rings. The van der Waals surface area contributed by atoms with Crippen molar-refractivity contribution in [3.05, 3.63) is 23.3 Å². The number of nitrogens with zero attached hydrogens (tertiary/aromatic N) is 2. The van der Waals surface area contributed by atoms with Crippen LogP contribution in [0, 0.1) is 0 Å². The predicted octanol–water partition coefficient (Wildman–Crippen LogP) is 1.96. The van der Waals surface area contributed by atoms with E-state index in [1.54, 1.807) is 26.2 Å². The second-order valence-electron chi connectivity index (χ2n) is 7.51. The van der Waals surface area contributed by atoms with E-state index in [0.29, 0.717) is 11.4 Å². The Morgan fingerprint density at radius 3 is 2.58 bits per heavy atom. The van der Waals surface area contributed by atoms with Crippen molar-refractivity contribution in [3.8, 4) is 5.75 Å². The lowest BCUT2D eigenvalue weighted by atomic mass is 9.91. The van der Waals surface area contributed by atoms with Gasteiger partial charge in [0.05, 0.1) is 12.0 Å². The predicted molar refractivity (Wildman–Crippen MR) is 97.7 cm³/mol. The van der Waals surface area contributed by atoms with Crippen LogP contribution in [0.3, 0.4) is 0 Å². The largest absolute Gasteiger partial charge is 0.496 e. The van der Waals surface area contributed by atoms with Crippen LogP contribution in [0.1, 0.15) is 43.7 Å². The topological polar surface area (TPSA) is 66.9 Å². The van der Waals surface area contributed by atoms with E-state index in [1.807, 2.05) is 4.90 Å². The van der Waals surface area contributed by atoms with Crippen LogP contribution in [0.15, 0.2) is 17.0 Å². The fourth-order valence-electron chi connectivity index (χ4n) is 4.71. The molecule has 2 fully saturated rings. The highest BCUT2D eigenvalue weighted by molar-refractivity contribution is 7.89. The number of fused-ring (bicyclic) bond motifs is 2. The second-order valence-corrected chi connectivity index (χ2v) is 9.37. The summed E-state index contributed by atoms with van der Waals surface area (Å²) in [6, 6.07) is 2.80. The van der Waals surface area contributed by atoms with Crippen LogP contribution in [0.2, 0.25) is 0 Å². The quantitative estimate of drug-likeness (QED) is 0.806. The normalized spacial score (nSPS) is 26.5. The van der Waals surface area contributed by atoms with Gasteiger partial charge in [-0.25, -0.2) is 8.42 Å². The van der Waals surface area contributed by atoms with E-state index >= 15 is 0 Å². The minimum absolute atomic E-state index is 0.0162. The molecule has 2 heterocycles. The summed E-state index contributed by atoms with van der Waals surface area (Å²) in [4.78, 5) is 14.9. The maximum Gasteiger partial charge on any atom is 0.244 e. The molecule has 2 saturated heterocycles. The van der Waals surface area contributed by atoms with Gasteiger partial charge in [-0.1, -0.05) is 0 Å². The standard InChI is InChI=1S/C19H26N2O4S/c1-13-19(22)20-11-5-6-14(20)12-21(13)26(23,24)18-10-9-17(25-2)15-7-3-4-8-16(15)18/h9-10,13-14H,3-8,11-12H2,1-2H3/t13-,14+/m1/s1. The lowest BCUT2D eigenvalue weighted by Gasteiger charge is -2.41. The minimum Gasteiger partial charge on any atom is -0.496 e. The van der Waals surface area contributed by atoms with Crippen LogP contribution in [0.25, 0.3) is 0 Å². The van der Waals surface area contributed by atoms with Crippen LogP contribution >= 0.6 is 0 Å². The molecule has 142 valence electrons. The molecule has 3 aliphatic rings. The van der Waals surface area contributed by atoms with E-state index in [0.717, 1.165) is 61.9 Å². The smallest absolute Gasteiger partial charge is 0.244 e. The van der Waals surface area contributed by atoms with Crippen LogP contribution in [-0.4, -0.2) is 55.8 Å². The maximum atomic E-state index is 13.5. The monoisotopic (exact) mass is 378 g/mol. The molecule has 26 heavy (non-hydrogen) atoms. The summed E-state index contributed by atoms with van der Waals surface area (Å²) in [5.41, 5.74) is 1.89. The maximum absolute atomic E-state index is 13.5. The van der Waals surface area contributed by atoms with Gasteiger partial charge in [0.2, 0.25) is 15.9 Å². The zero-order valence-electron chi connectivity index (χ0n) is 15.4. The highest BCUT2D eigenvalue weighted by Gasteiger charge is 2.45. The SMILES string of the molecule is COc1ccc(S(=O)(=O)N2C[C@@H]3CCCN3C(=O)[C@H]2C)c2c1CCCC2. The number of benzene rings is 1. The minimum atomic E-state index is -3.72. The van der Waals surface area contributed by atoms with E-state index in [1.165, 1.54) is 4.31 Å². The molecule has 0 aromatic heterocycles. The Balaban J connectivity index is 1.76. The summed E-state index contributed by atoms with van der Waals surface area (Å²) < 4.78 is 33.9. The molecule has 6 nitrogen and oxygen atoms in total. The van der Waals surface area contributed by atoms with Crippen LogP contribution < -0.4 is 4.74 Å². The zero-order chi connectivity index (χ0) is 18.5. The molecule has 0 N–H and O–H groups in total. The molecular formula is C19H26N2O4S. The van der Waals surface area contributed by atoms with Crippen molar-refractivity contribution in [2.24, 2.45) is 0 Å². The van der Waals surface area contributed by atoms with Crippen molar-refractivity contribution in [1.82, 2.24) is 9.21 Å². The van der Waals surface area contributed by atoms with Gasteiger partial charge in [0.15, 0.2) is 0 Å². The molecule has 0 bridgehead atoms. The van der Waals surface area contributed by atoms with Gasteiger partial charge in [-0.2, -0.15) is 4.31 Å². The van der Waals surface area contributed by atoms with Gasteiger partial charge in [0.25, 0.3) is 0 Å². The average molecular weight is 378 g/mol. The number of ether oxygens (including phenoxy) is 1. The number of rotatable bonds is 3. The molecule has 1 aromatic carbocycles. The number of amides is 1. The van der Waals surface area contributed by atoms with Gasteiger partial charge in [0, 0.05) is 19.1 Å². The molecular weight excluding hydrogens is 352 g/mol. The molecule has 7 heteroatoms. The van der Waals surface area contributed by atoms with Gasteiger partial charge in [-0.15, -0.1) is 0 Å². The molecule has 0 radical (unpaired) electrons. The van der Waals surface area contributed by atoms with Crippen LogP contribution in [0.5, 0.6) is 5.75 Å². The molecule has 2 aliphatic heterocycles. The third-order valence-corrected chi connectivity index (χ3v) is 8.12. The number of carbonyl (C=O) groups excluding carboxylic acids is 1. The highest BCUT2D eigenvalue weighted by atomic mass is 32.2. The lowest BCUT2D eigenvalue weighted by Crippen LogP contribution is -2.60. The van der Waals surface area contributed by atoms with E-state index in [-0.39, 0.29) is 11.9 Å². The third kappa shape index (κ3) is 2.63. The molecule has 0 spiro atoms. The van der Waals surface area contributed by atoms with Crippen molar-refractivity contribution >= 4 is 15.9 Å². The lowest BCUT2D eigenvalue weighted by molar-refractivity contribution is -0.139. The Hall–Kier alpha value is -1.60. The zero-order valence-corrected chi connectivity index (χ0v) is 16.2. The van der Waals surface area contributed by atoms with Crippen molar-refractivity contribution in [2.75, 3.05) is 20.2 Å². The first kappa shape index (κ1) is 17.8. The van der Waals surface area contributed by atoms with E-state index in [4.69, 9.17) is 4.74 Å². The Labute approximate surface area is 155 Å². The first-order valence-corrected chi connectivity index (χ1v) is 10.9. The van der Waals surface area contributed by atoms with Crippen molar-refractivity contribution in [1.29, 1.82) is 0 Å². The average Bonchev–Trinajstić information content (AvgIpc) is 3.12. The Bertz CT molecular complexity index is 836.